The van der Waals surface area contributed by atoms with Crippen molar-refractivity contribution in [3.8, 4) is 22.5 Å². The smallest absolute Gasteiger partial charge is 0.163 e. The third kappa shape index (κ3) is 5.67. The molecule has 3 heterocycles. The Balaban J connectivity index is 0.947. The lowest BCUT2D eigenvalue weighted by molar-refractivity contribution is 0.447. The largest absolute Gasteiger partial charge is 0.264 e. The lowest BCUT2D eigenvalue weighted by atomic mass is 9.60. The van der Waals surface area contributed by atoms with Crippen molar-refractivity contribution in [2.45, 2.75) is 52.6 Å². The van der Waals surface area contributed by atoms with E-state index in [-0.39, 0.29) is 34.3 Å². The maximum Gasteiger partial charge on any atom is 0.163 e. The van der Waals surface area contributed by atoms with Crippen molar-refractivity contribution in [1.29, 1.82) is 0 Å². The molecule has 12 rings (SSSR count). The number of pyridine rings is 1. The molecule has 0 N–H and O–H groups in total. The number of fused-ring (bicyclic) bond motifs is 10. The molecule has 5 unspecified atom stereocenters. The molecule has 60 heavy (non-hydrogen) atoms. The Hall–Kier alpha value is -6.43. The number of hydrogen-bond donors (Lipinski definition) is 0. The molecule has 4 aromatic carbocycles. The summed E-state index contributed by atoms with van der Waals surface area (Å²) in [4.78, 5) is 21.2. The van der Waals surface area contributed by atoms with E-state index in [1.54, 1.807) is 0 Å². The summed E-state index contributed by atoms with van der Waals surface area (Å²) in [5.74, 6) is 3.08. The molecule has 6 aliphatic rings. The van der Waals surface area contributed by atoms with Crippen LogP contribution in [0, 0.1) is 5.92 Å². The van der Waals surface area contributed by atoms with E-state index in [1.165, 1.54) is 60.5 Å². The van der Waals surface area contributed by atoms with Gasteiger partial charge in [-0.05, 0) is 87.0 Å². The van der Waals surface area contributed by atoms with Crippen LogP contribution >= 0.6 is 11.8 Å². The number of rotatable bonds is 5. The highest BCUT2D eigenvalue weighted by Gasteiger charge is 2.55. The van der Waals surface area contributed by atoms with Crippen LogP contribution in [0.1, 0.15) is 82.0 Å². The number of allylic oxidation sites excluding steroid dienone is 12. The third-order valence-electron chi connectivity index (χ3n) is 13.5. The minimum Gasteiger partial charge on any atom is -0.264 e. The second kappa shape index (κ2) is 14.4. The Morgan fingerprint density at radius 1 is 0.617 bits per heavy atom. The molecule has 4 nitrogen and oxygen atoms in total. The molecule has 2 aromatic heterocycles. The van der Waals surface area contributed by atoms with Crippen LogP contribution in [0.5, 0.6) is 0 Å². The fraction of sp³-hybridized carbons (Fsp3) is 0.164. The zero-order chi connectivity index (χ0) is 39.6. The van der Waals surface area contributed by atoms with Crippen molar-refractivity contribution in [2.24, 2.45) is 5.92 Å². The predicted octanol–water partition coefficient (Wildman–Crippen LogP) is 12.7. The highest BCUT2D eigenvalue weighted by molar-refractivity contribution is 8.00. The summed E-state index contributed by atoms with van der Waals surface area (Å²) in [6.07, 6.45) is 34.4. The quantitative estimate of drug-likeness (QED) is 0.174. The molecule has 5 aliphatic carbocycles. The van der Waals surface area contributed by atoms with Gasteiger partial charge in [0.05, 0.1) is 5.41 Å². The van der Waals surface area contributed by atoms with E-state index >= 15 is 0 Å². The molecule has 1 aliphatic heterocycles. The Morgan fingerprint density at radius 2 is 1.38 bits per heavy atom. The number of thioether (sulfide) groups is 1. The zero-order valence-corrected chi connectivity index (χ0v) is 33.9. The van der Waals surface area contributed by atoms with Gasteiger partial charge < -0.3 is 0 Å². The number of benzene rings is 4. The van der Waals surface area contributed by atoms with Crippen molar-refractivity contribution >= 4 is 17.8 Å². The summed E-state index contributed by atoms with van der Waals surface area (Å²) in [6, 6.07) is 38.2. The molecular formula is C55H42N4S. The van der Waals surface area contributed by atoms with Crippen molar-refractivity contribution < 1.29 is 0 Å². The Morgan fingerprint density at radius 3 is 2.15 bits per heavy atom. The highest BCUT2D eigenvalue weighted by atomic mass is 32.2. The Kier molecular flexibility index (Phi) is 8.52. The fourth-order valence-corrected chi connectivity index (χ4v) is 12.0. The second-order valence-electron chi connectivity index (χ2n) is 16.7. The van der Waals surface area contributed by atoms with E-state index in [9.17, 15) is 0 Å². The molecule has 0 fully saturated rings. The average Bonchev–Trinajstić information content (AvgIpc) is 3.62. The Labute approximate surface area is 355 Å². The van der Waals surface area contributed by atoms with Crippen LogP contribution in [-0.2, 0) is 5.41 Å². The average molecular weight is 791 g/mol. The van der Waals surface area contributed by atoms with Gasteiger partial charge in [-0.15, -0.1) is 11.8 Å². The summed E-state index contributed by atoms with van der Waals surface area (Å²) >= 11 is 2.02. The zero-order valence-electron chi connectivity index (χ0n) is 33.1. The maximum absolute atomic E-state index is 5.14. The number of nitrogens with zero attached hydrogens (tertiary/aromatic N) is 4. The van der Waals surface area contributed by atoms with Crippen LogP contribution in [0.25, 0.3) is 28.6 Å². The minimum absolute atomic E-state index is 0.0624. The first-order chi connectivity index (χ1) is 29.7. The third-order valence-corrected chi connectivity index (χ3v) is 14.8. The molecule has 6 aromatic rings. The standard InChI is InChI=1S/C55H42N4S/c1-3-12-37(13-4-1)52-57-53(38-14-5-2-6-15-38)59-54(58-52)39-24-22-35(23-25-39)40-26-28-50-48(32-40)55(46-20-9-7-17-43(46)44-18-8-10-21-47(44)55)49-33-41(27-29-51(49)60-50)42-19-11-16-36-30-31-56-34-45(36)42/h1-14,16-18,20-24,26-34,38-39,42,48,50H,15,19,25H2. The van der Waals surface area contributed by atoms with Gasteiger partial charge in [0, 0.05) is 51.8 Å². The first kappa shape index (κ1) is 35.5. The van der Waals surface area contributed by atoms with Crippen LogP contribution in [0.3, 0.4) is 0 Å². The Bertz CT molecular complexity index is 2880. The fourth-order valence-electron chi connectivity index (χ4n) is 10.6. The van der Waals surface area contributed by atoms with Gasteiger partial charge in [0.1, 0.15) is 11.6 Å². The highest BCUT2D eigenvalue weighted by Crippen LogP contribution is 2.64. The van der Waals surface area contributed by atoms with E-state index in [1.807, 2.05) is 36.2 Å². The normalized spacial score (nSPS) is 23.6. The van der Waals surface area contributed by atoms with Crippen molar-refractivity contribution in [1.82, 2.24) is 19.9 Å². The lowest BCUT2D eigenvalue weighted by Gasteiger charge is -2.48. The van der Waals surface area contributed by atoms with Gasteiger partial charge in [-0.1, -0.05) is 164 Å². The molecule has 0 bridgehead atoms. The molecule has 0 radical (unpaired) electrons. The number of hydrogen-bond acceptors (Lipinski definition) is 5. The van der Waals surface area contributed by atoms with E-state index in [4.69, 9.17) is 15.0 Å². The van der Waals surface area contributed by atoms with Crippen molar-refractivity contribution in [2.75, 3.05) is 0 Å². The minimum atomic E-state index is -0.355. The molecular weight excluding hydrogens is 749 g/mol. The second-order valence-corrected chi connectivity index (χ2v) is 17.9. The van der Waals surface area contributed by atoms with E-state index in [2.05, 4.69) is 169 Å². The maximum atomic E-state index is 5.14. The lowest BCUT2D eigenvalue weighted by Crippen LogP contribution is -2.44. The van der Waals surface area contributed by atoms with Crippen LogP contribution in [-0.4, -0.2) is 25.2 Å². The van der Waals surface area contributed by atoms with Crippen LogP contribution in [0.15, 0.2) is 198 Å². The summed E-state index contributed by atoms with van der Waals surface area (Å²) in [5, 5.41) is 0.276. The van der Waals surface area contributed by atoms with Crippen LogP contribution in [0.4, 0.5) is 0 Å². The van der Waals surface area contributed by atoms with Gasteiger partial charge in [-0.3, -0.25) is 4.98 Å². The topological polar surface area (TPSA) is 51.6 Å². The number of aromatic nitrogens is 4. The van der Waals surface area contributed by atoms with E-state index in [0.717, 1.165) is 42.3 Å². The predicted molar refractivity (Wildman–Crippen MR) is 244 cm³/mol. The van der Waals surface area contributed by atoms with Gasteiger partial charge >= 0.3 is 0 Å². The first-order valence-corrected chi connectivity index (χ1v) is 22.1. The molecule has 5 heteroatoms. The van der Waals surface area contributed by atoms with Gasteiger partial charge in [0.25, 0.3) is 0 Å². The summed E-state index contributed by atoms with van der Waals surface area (Å²) in [5.41, 5.74) is 14.1. The van der Waals surface area contributed by atoms with Crippen LogP contribution in [0.2, 0.25) is 0 Å². The van der Waals surface area contributed by atoms with Crippen LogP contribution < -0.4 is 0 Å². The van der Waals surface area contributed by atoms with Gasteiger partial charge in [-0.25, -0.2) is 15.0 Å². The van der Waals surface area contributed by atoms with Gasteiger partial charge in [-0.2, -0.15) is 0 Å². The monoisotopic (exact) mass is 790 g/mol. The molecule has 0 saturated heterocycles. The molecule has 0 saturated carbocycles. The SMILES string of the molecule is C1=CCC(c2nc(-c3ccccc3)nc(C3C=CC(C4=CC5C(C=C4)Sc4ccc(C6CC=Cc7ccncc76)cc4C54c5ccccc5-c5ccccc54)=CC3)n2)C=C1. The summed E-state index contributed by atoms with van der Waals surface area (Å²) in [7, 11) is 0. The molecule has 5 atom stereocenters. The molecule has 1 spiro atoms. The molecule has 0 amide bonds. The first-order valence-electron chi connectivity index (χ1n) is 21.3. The molecule has 288 valence electrons. The summed E-state index contributed by atoms with van der Waals surface area (Å²) in [6.45, 7) is 0. The van der Waals surface area contributed by atoms with Gasteiger partial charge in [0.2, 0.25) is 0 Å². The van der Waals surface area contributed by atoms with E-state index < -0.39 is 0 Å². The van der Waals surface area contributed by atoms with Gasteiger partial charge in [0.15, 0.2) is 5.82 Å². The van der Waals surface area contributed by atoms with Crippen molar-refractivity contribution in [3.05, 3.63) is 239 Å². The summed E-state index contributed by atoms with van der Waals surface area (Å²) < 4.78 is 0. The van der Waals surface area contributed by atoms with Crippen molar-refractivity contribution in [3.63, 3.8) is 0 Å². The van der Waals surface area contributed by atoms with E-state index in [0.29, 0.717) is 0 Å².